The minimum atomic E-state index is -1.15. The summed E-state index contributed by atoms with van der Waals surface area (Å²) < 4.78 is 0. The van der Waals surface area contributed by atoms with Crippen LogP contribution >= 0.6 is 0 Å². The summed E-state index contributed by atoms with van der Waals surface area (Å²) in [5.41, 5.74) is 1.67. The van der Waals surface area contributed by atoms with Gasteiger partial charge in [0.1, 0.15) is 5.75 Å². The van der Waals surface area contributed by atoms with E-state index in [1.54, 1.807) is 24.9 Å². The third kappa shape index (κ3) is 7.91. The van der Waals surface area contributed by atoms with Crippen LogP contribution in [0.2, 0.25) is 0 Å². The van der Waals surface area contributed by atoms with Gasteiger partial charge in [0.25, 0.3) is 0 Å². The van der Waals surface area contributed by atoms with Crippen LogP contribution in [0.3, 0.4) is 0 Å². The van der Waals surface area contributed by atoms with Crippen molar-refractivity contribution >= 4 is 11.7 Å². The Kier molecular flexibility index (Phi) is 12.3. The van der Waals surface area contributed by atoms with Crippen molar-refractivity contribution in [3.63, 3.8) is 0 Å². The van der Waals surface area contributed by atoms with Crippen molar-refractivity contribution in [1.82, 2.24) is 0 Å². The molecule has 4 nitrogen and oxygen atoms in total. The van der Waals surface area contributed by atoms with Crippen LogP contribution in [-0.2, 0) is 11.2 Å². The number of unbranched alkanes of at least 4 members (excludes halogenated alkanes) is 6. The van der Waals surface area contributed by atoms with Gasteiger partial charge in [-0.15, -0.1) is 0 Å². The Morgan fingerprint density at radius 1 is 1.17 bits per heavy atom. The van der Waals surface area contributed by atoms with Gasteiger partial charge >= 0.3 is 29.6 Å². The maximum Gasteiger partial charge on any atom is 1.00 e. The molecule has 1 N–H and O–H groups in total. The summed E-state index contributed by atoms with van der Waals surface area (Å²) in [6.45, 7) is 3.78. The number of carboxylic acids is 1. The van der Waals surface area contributed by atoms with Crippen molar-refractivity contribution in [2.75, 3.05) is 11.9 Å². The predicted molar refractivity (Wildman–Crippen MR) is 92.7 cm³/mol. The number of aromatic hydroxyl groups is 1. The number of likely N-dealkylation sites (N-methyl/N-ethyl adjacent to an activating group) is 1. The number of aryl methyl sites for hydroxylation is 1. The average molecular weight is 343 g/mol. The van der Waals surface area contributed by atoms with Crippen LogP contribution in [0, 0.1) is 0 Å². The number of nitrogens with zero attached hydrogens (tertiary/aromatic N) is 1. The molecule has 1 aromatic rings. The first-order valence-corrected chi connectivity index (χ1v) is 8.73. The number of hydrogen-bond donors (Lipinski definition) is 1. The standard InChI is InChI=1S/C19H31NO3.Na/c1-4-5-6-7-8-9-10-11-16-12-13-18(21)17(14-16)20(3)15(2)19(22)23;/h12-15,21H,4-11H2,1-3H3,(H,22,23);/q;+1/p-1/t15-;/m0./s1. The second-order valence-corrected chi connectivity index (χ2v) is 6.30. The number of anilines is 1. The minimum absolute atomic E-state index is 0. The first-order chi connectivity index (χ1) is 11.0. The zero-order chi connectivity index (χ0) is 17.2. The van der Waals surface area contributed by atoms with Gasteiger partial charge in [-0.25, -0.2) is 0 Å². The summed E-state index contributed by atoms with van der Waals surface area (Å²) >= 11 is 0. The molecule has 1 aromatic carbocycles. The van der Waals surface area contributed by atoms with Gasteiger partial charge in [-0.3, -0.25) is 0 Å². The SMILES string of the molecule is CCCCCCCCCc1ccc(O)c(N(C)[C@@H](C)C(=O)[O-])c1.[Na+]. The molecule has 0 bridgehead atoms. The van der Waals surface area contributed by atoms with Crippen molar-refractivity contribution in [3.8, 4) is 5.75 Å². The Morgan fingerprint density at radius 3 is 2.33 bits per heavy atom. The van der Waals surface area contributed by atoms with E-state index in [4.69, 9.17) is 0 Å². The molecule has 0 saturated carbocycles. The van der Waals surface area contributed by atoms with E-state index in [1.807, 2.05) is 12.1 Å². The molecular formula is C19H30NNaO3. The van der Waals surface area contributed by atoms with Crippen molar-refractivity contribution in [2.45, 2.75) is 71.3 Å². The van der Waals surface area contributed by atoms with E-state index in [0.29, 0.717) is 5.69 Å². The Labute approximate surface area is 168 Å². The quantitative estimate of drug-likeness (QED) is 0.463. The smallest absolute Gasteiger partial charge is 0.548 e. The molecule has 130 valence electrons. The zero-order valence-electron chi connectivity index (χ0n) is 15.7. The number of benzene rings is 1. The predicted octanol–water partition coefficient (Wildman–Crippen LogP) is 0.264. The molecule has 0 heterocycles. The fraction of sp³-hybridized carbons (Fsp3) is 0.632. The van der Waals surface area contributed by atoms with Crippen molar-refractivity contribution in [1.29, 1.82) is 0 Å². The molecule has 0 aliphatic heterocycles. The largest absolute Gasteiger partial charge is 1.00 e. The van der Waals surface area contributed by atoms with E-state index in [-0.39, 0.29) is 35.3 Å². The van der Waals surface area contributed by atoms with Crippen LogP contribution in [0.25, 0.3) is 0 Å². The molecule has 0 aliphatic rings. The van der Waals surface area contributed by atoms with E-state index in [9.17, 15) is 15.0 Å². The molecule has 1 rings (SSSR count). The van der Waals surface area contributed by atoms with Crippen LogP contribution in [0.5, 0.6) is 5.75 Å². The normalized spacial score (nSPS) is 11.6. The fourth-order valence-corrected chi connectivity index (χ4v) is 2.66. The van der Waals surface area contributed by atoms with Gasteiger partial charge < -0.3 is 19.9 Å². The van der Waals surface area contributed by atoms with Gasteiger partial charge in [0.05, 0.1) is 17.7 Å². The van der Waals surface area contributed by atoms with Gasteiger partial charge in [-0.05, 0) is 37.5 Å². The minimum Gasteiger partial charge on any atom is -0.548 e. The number of phenols is 1. The van der Waals surface area contributed by atoms with E-state index >= 15 is 0 Å². The van der Waals surface area contributed by atoms with E-state index in [2.05, 4.69) is 6.92 Å². The molecule has 0 amide bonds. The van der Waals surface area contributed by atoms with Crippen LogP contribution in [-0.4, -0.2) is 24.2 Å². The molecule has 0 radical (unpaired) electrons. The first-order valence-electron chi connectivity index (χ1n) is 8.73. The second kappa shape index (κ2) is 12.6. The Hall–Kier alpha value is -0.710. The number of carbonyl (C=O) groups excluding carboxylic acids is 1. The van der Waals surface area contributed by atoms with Gasteiger partial charge in [-0.1, -0.05) is 51.5 Å². The van der Waals surface area contributed by atoms with Crippen LogP contribution in [0.4, 0.5) is 5.69 Å². The second-order valence-electron chi connectivity index (χ2n) is 6.30. The molecule has 24 heavy (non-hydrogen) atoms. The van der Waals surface area contributed by atoms with Gasteiger partial charge in [0.15, 0.2) is 0 Å². The average Bonchev–Trinajstić information content (AvgIpc) is 2.54. The Balaban J connectivity index is 0.00000529. The molecular weight excluding hydrogens is 313 g/mol. The molecule has 0 spiro atoms. The van der Waals surface area contributed by atoms with Gasteiger partial charge in [0, 0.05) is 7.05 Å². The van der Waals surface area contributed by atoms with Crippen molar-refractivity contribution < 1.29 is 44.6 Å². The number of hydrogen-bond acceptors (Lipinski definition) is 4. The molecule has 0 aromatic heterocycles. The topological polar surface area (TPSA) is 63.6 Å². The maximum atomic E-state index is 11.0. The zero-order valence-corrected chi connectivity index (χ0v) is 17.7. The number of aliphatic carboxylic acids is 1. The molecule has 0 saturated heterocycles. The van der Waals surface area contributed by atoms with E-state index in [0.717, 1.165) is 18.4 Å². The molecule has 0 fully saturated rings. The summed E-state index contributed by atoms with van der Waals surface area (Å²) in [6.07, 6.45) is 9.78. The van der Waals surface area contributed by atoms with E-state index in [1.165, 1.54) is 38.5 Å². The van der Waals surface area contributed by atoms with Gasteiger partial charge in [0.2, 0.25) is 0 Å². The molecule has 1 atom stereocenters. The third-order valence-corrected chi connectivity index (χ3v) is 4.41. The Bertz CT molecular complexity index is 494. The van der Waals surface area contributed by atoms with Crippen LogP contribution < -0.4 is 39.6 Å². The van der Waals surface area contributed by atoms with Crippen LogP contribution in [0.15, 0.2) is 18.2 Å². The first kappa shape index (κ1) is 23.3. The van der Waals surface area contributed by atoms with Crippen LogP contribution in [0.1, 0.15) is 64.4 Å². The third-order valence-electron chi connectivity index (χ3n) is 4.41. The monoisotopic (exact) mass is 343 g/mol. The van der Waals surface area contributed by atoms with Gasteiger partial charge in [-0.2, -0.15) is 0 Å². The summed E-state index contributed by atoms with van der Waals surface area (Å²) in [5.74, 6) is -1.05. The number of carbonyl (C=O) groups is 1. The molecule has 0 unspecified atom stereocenters. The molecule has 5 heteroatoms. The number of carboxylic acid groups (broad SMARTS) is 1. The van der Waals surface area contributed by atoms with E-state index < -0.39 is 12.0 Å². The summed E-state index contributed by atoms with van der Waals surface area (Å²) in [7, 11) is 1.66. The Morgan fingerprint density at radius 2 is 1.75 bits per heavy atom. The maximum absolute atomic E-state index is 11.0. The van der Waals surface area contributed by atoms with Crippen molar-refractivity contribution in [3.05, 3.63) is 23.8 Å². The fourth-order valence-electron chi connectivity index (χ4n) is 2.66. The summed E-state index contributed by atoms with van der Waals surface area (Å²) in [6, 6.07) is 4.65. The summed E-state index contributed by atoms with van der Waals surface area (Å²) in [4.78, 5) is 12.5. The summed E-state index contributed by atoms with van der Waals surface area (Å²) in [5, 5.41) is 21.0. The number of rotatable bonds is 11. The molecule has 0 aliphatic carbocycles. The number of phenolic OH excluding ortho intramolecular Hbond substituents is 1. The van der Waals surface area contributed by atoms with Crippen molar-refractivity contribution in [2.24, 2.45) is 0 Å².